The van der Waals surface area contributed by atoms with E-state index >= 15 is 0 Å². The summed E-state index contributed by atoms with van der Waals surface area (Å²) >= 11 is 3.20. The van der Waals surface area contributed by atoms with Crippen molar-refractivity contribution in [3.05, 3.63) is 88.6 Å². The topological polar surface area (TPSA) is 42.0 Å². The van der Waals surface area contributed by atoms with Crippen LogP contribution in [0.25, 0.3) is 5.57 Å². The van der Waals surface area contributed by atoms with Crippen LogP contribution in [0.2, 0.25) is 0 Å². The van der Waals surface area contributed by atoms with Crippen molar-refractivity contribution in [2.45, 2.75) is 36.1 Å². The lowest BCUT2D eigenvalue weighted by Crippen LogP contribution is -2.17. The van der Waals surface area contributed by atoms with Crippen molar-refractivity contribution in [1.29, 1.82) is 0 Å². The number of carbonyl (C=O) groups is 1. The second kappa shape index (κ2) is 9.75. The minimum Gasteiger partial charge on any atom is -0.323 e. The number of hydrogen-bond donors (Lipinski definition) is 1. The van der Waals surface area contributed by atoms with Gasteiger partial charge in [0.15, 0.2) is 0 Å². The van der Waals surface area contributed by atoms with Crippen LogP contribution in [0.15, 0.2) is 76.2 Å². The molecule has 3 nitrogen and oxygen atoms in total. The molecule has 31 heavy (non-hydrogen) atoms. The fraction of sp³-hybridized carbons (Fsp3) is 0.231. The maximum Gasteiger partial charge on any atom is 0.228 e. The summed E-state index contributed by atoms with van der Waals surface area (Å²) in [5.41, 5.74) is 7.95. The highest BCUT2D eigenvalue weighted by atomic mass is 32.2. The molecule has 1 aliphatic carbocycles. The fourth-order valence-corrected chi connectivity index (χ4v) is 5.45. The molecule has 4 rings (SSSR count). The second-order valence-electron chi connectivity index (χ2n) is 7.58. The van der Waals surface area contributed by atoms with Gasteiger partial charge in [-0.3, -0.25) is 4.79 Å². The van der Waals surface area contributed by atoms with E-state index in [0.29, 0.717) is 6.42 Å². The summed E-state index contributed by atoms with van der Waals surface area (Å²) in [6.45, 7) is 1.99. The fourth-order valence-electron chi connectivity index (χ4n) is 4.14. The zero-order valence-corrected chi connectivity index (χ0v) is 19.7. The molecule has 0 atom stereocenters. The summed E-state index contributed by atoms with van der Waals surface area (Å²) < 4.78 is 0. The number of nitrogens with zero attached hydrogens (tertiary/aromatic N) is 1. The van der Waals surface area contributed by atoms with Gasteiger partial charge in [-0.15, -0.1) is 23.5 Å². The number of amides is 1. The molecule has 0 unspecified atom stereocenters. The van der Waals surface area contributed by atoms with Crippen LogP contribution < -0.4 is 5.32 Å². The van der Waals surface area contributed by atoms with Crippen molar-refractivity contribution in [3.8, 4) is 0 Å². The number of hydrogen-bond acceptors (Lipinski definition) is 4. The number of aromatic nitrogens is 1. The van der Waals surface area contributed by atoms with E-state index in [9.17, 15) is 4.79 Å². The van der Waals surface area contributed by atoms with Crippen LogP contribution in [0.4, 0.5) is 5.69 Å². The Morgan fingerprint density at radius 2 is 1.74 bits per heavy atom. The van der Waals surface area contributed by atoms with Crippen LogP contribution in [-0.4, -0.2) is 23.4 Å². The first kappa shape index (κ1) is 21.7. The van der Waals surface area contributed by atoms with Crippen molar-refractivity contribution >= 4 is 40.7 Å². The number of aryl methyl sites for hydroxylation is 2. The predicted molar refractivity (Wildman–Crippen MR) is 133 cm³/mol. The summed E-state index contributed by atoms with van der Waals surface area (Å²) in [6.07, 6.45) is 6.27. The molecule has 0 bridgehead atoms. The van der Waals surface area contributed by atoms with E-state index < -0.39 is 0 Å². The van der Waals surface area contributed by atoms with Crippen LogP contribution in [0, 0.1) is 6.92 Å². The SMILES string of the molecule is CSc1cc(C)nc(SC)c1NC(=O)CC1=C(c2ccccc2)c2ccccc2CC1. The van der Waals surface area contributed by atoms with E-state index in [0.717, 1.165) is 34.1 Å². The standard InChI is InChI=1S/C26H26N2OS2/c1-17-15-22(30-2)25(26(27-17)31-3)28-23(29)16-20-14-13-18-9-7-8-12-21(18)24(20)19-10-5-4-6-11-19/h4-12,15H,13-14,16H2,1-3H3,(H,28,29). The third-order valence-electron chi connectivity index (χ3n) is 5.53. The molecular formula is C26H26N2OS2. The zero-order valence-electron chi connectivity index (χ0n) is 18.1. The van der Waals surface area contributed by atoms with E-state index in [4.69, 9.17) is 0 Å². The largest absolute Gasteiger partial charge is 0.323 e. The Morgan fingerprint density at radius 1 is 1.00 bits per heavy atom. The molecule has 158 valence electrons. The molecule has 0 radical (unpaired) electrons. The number of fused-ring (bicyclic) bond motifs is 1. The van der Waals surface area contributed by atoms with Crippen LogP contribution in [-0.2, 0) is 11.2 Å². The van der Waals surface area contributed by atoms with Gasteiger partial charge >= 0.3 is 0 Å². The lowest BCUT2D eigenvalue weighted by Gasteiger charge is -2.24. The molecule has 1 amide bonds. The average molecular weight is 447 g/mol. The molecule has 1 N–H and O–H groups in total. The lowest BCUT2D eigenvalue weighted by molar-refractivity contribution is -0.115. The van der Waals surface area contributed by atoms with Crippen LogP contribution in [0.5, 0.6) is 0 Å². The minimum atomic E-state index is 0.0130. The summed E-state index contributed by atoms with van der Waals surface area (Å²) in [6, 6.07) is 21.0. The van der Waals surface area contributed by atoms with Gasteiger partial charge < -0.3 is 5.32 Å². The molecular weight excluding hydrogens is 420 g/mol. The van der Waals surface area contributed by atoms with Gasteiger partial charge in [0, 0.05) is 17.0 Å². The van der Waals surface area contributed by atoms with E-state index in [1.807, 2.05) is 31.6 Å². The summed E-state index contributed by atoms with van der Waals surface area (Å²) in [5.74, 6) is 0.0130. The van der Waals surface area contributed by atoms with Crippen LogP contribution in [0.3, 0.4) is 0 Å². The van der Waals surface area contributed by atoms with Crippen molar-refractivity contribution in [2.75, 3.05) is 17.8 Å². The number of carbonyl (C=O) groups excluding carboxylic acids is 1. The first-order chi connectivity index (χ1) is 15.1. The van der Waals surface area contributed by atoms with Crippen molar-refractivity contribution in [2.24, 2.45) is 0 Å². The average Bonchev–Trinajstić information content (AvgIpc) is 2.80. The molecule has 5 heteroatoms. The number of nitrogens with one attached hydrogen (secondary N) is 1. The highest BCUT2D eigenvalue weighted by Gasteiger charge is 2.22. The predicted octanol–water partition coefficient (Wildman–Crippen LogP) is 6.61. The number of benzene rings is 2. The molecule has 0 saturated heterocycles. The zero-order chi connectivity index (χ0) is 21.8. The Morgan fingerprint density at radius 3 is 2.48 bits per heavy atom. The van der Waals surface area contributed by atoms with Crippen LogP contribution in [0.1, 0.15) is 35.2 Å². The van der Waals surface area contributed by atoms with E-state index in [1.165, 1.54) is 27.8 Å². The molecule has 3 aromatic rings. The number of anilines is 1. The van der Waals surface area contributed by atoms with Crippen LogP contribution >= 0.6 is 23.5 Å². The Balaban J connectivity index is 1.69. The van der Waals surface area contributed by atoms with Crippen molar-refractivity contribution < 1.29 is 4.79 Å². The summed E-state index contributed by atoms with van der Waals surface area (Å²) in [4.78, 5) is 18.9. The van der Waals surface area contributed by atoms with Gasteiger partial charge in [0.2, 0.25) is 5.91 Å². The van der Waals surface area contributed by atoms with Gasteiger partial charge in [-0.1, -0.05) is 60.2 Å². The molecule has 2 aromatic carbocycles. The number of thioether (sulfide) groups is 2. The Bertz CT molecular complexity index is 1110. The minimum absolute atomic E-state index is 0.0130. The lowest BCUT2D eigenvalue weighted by atomic mass is 9.81. The molecule has 0 saturated carbocycles. The third kappa shape index (κ3) is 4.73. The first-order valence-corrected chi connectivity index (χ1v) is 12.8. The maximum absolute atomic E-state index is 13.2. The molecule has 0 aliphatic heterocycles. The molecule has 0 fully saturated rings. The molecule has 1 aromatic heterocycles. The smallest absolute Gasteiger partial charge is 0.228 e. The van der Waals surface area contributed by atoms with Gasteiger partial charge in [0.25, 0.3) is 0 Å². The molecule has 1 heterocycles. The monoisotopic (exact) mass is 446 g/mol. The quantitative estimate of drug-likeness (QED) is 0.433. The van der Waals surface area contributed by atoms with Crippen molar-refractivity contribution in [3.63, 3.8) is 0 Å². The third-order valence-corrected chi connectivity index (χ3v) is 6.97. The Kier molecular flexibility index (Phi) is 6.83. The van der Waals surface area contributed by atoms with E-state index in [-0.39, 0.29) is 5.91 Å². The number of pyridine rings is 1. The van der Waals surface area contributed by atoms with E-state index in [2.05, 4.69) is 58.8 Å². The highest BCUT2D eigenvalue weighted by molar-refractivity contribution is 7.99. The molecule has 1 aliphatic rings. The highest BCUT2D eigenvalue weighted by Crippen LogP contribution is 2.38. The van der Waals surface area contributed by atoms with Gasteiger partial charge in [-0.2, -0.15) is 0 Å². The van der Waals surface area contributed by atoms with Gasteiger partial charge in [0.05, 0.1) is 5.69 Å². The maximum atomic E-state index is 13.2. The Labute approximate surface area is 192 Å². The molecule has 0 spiro atoms. The van der Waals surface area contributed by atoms with Gasteiger partial charge in [0.1, 0.15) is 5.03 Å². The van der Waals surface area contributed by atoms with Gasteiger partial charge in [-0.25, -0.2) is 4.98 Å². The second-order valence-corrected chi connectivity index (χ2v) is 9.22. The number of rotatable bonds is 6. The van der Waals surface area contributed by atoms with Crippen molar-refractivity contribution in [1.82, 2.24) is 4.98 Å². The normalized spacial score (nSPS) is 13.1. The summed E-state index contributed by atoms with van der Waals surface area (Å²) in [7, 11) is 0. The Hall–Kier alpha value is -2.50. The van der Waals surface area contributed by atoms with E-state index in [1.54, 1.807) is 23.5 Å². The summed E-state index contributed by atoms with van der Waals surface area (Å²) in [5, 5.41) is 4.04. The van der Waals surface area contributed by atoms with Gasteiger partial charge in [-0.05, 0) is 60.6 Å². The first-order valence-electron chi connectivity index (χ1n) is 10.4.